The predicted molar refractivity (Wildman–Crippen MR) is 97.8 cm³/mol. The lowest BCUT2D eigenvalue weighted by Crippen LogP contribution is -2.44. The molecule has 0 atom stereocenters. The molecule has 1 aromatic carbocycles. The number of fused-ring (bicyclic) bond motifs is 1. The number of aliphatic carboxylic acids is 1. The standard InChI is InChI=1S/C18H24N2O5S/c1-26(24,25)20-10-7-13-11-14(5-6-15(13)20)16(21)19-12-18(17(22)23)8-3-2-4-9-18/h5-6,11H,2-4,7-10,12H2,1H3,(H,19,21)(H,22,23). The molecule has 2 aliphatic rings. The lowest BCUT2D eigenvalue weighted by molar-refractivity contribution is -0.150. The van der Waals surface area contributed by atoms with E-state index in [-0.39, 0.29) is 12.5 Å². The molecule has 3 rings (SSSR count). The van der Waals surface area contributed by atoms with Crippen LogP contribution in [0, 0.1) is 5.41 Å². The molecule has 2 N–H and O–H groups in total. The summed E-state index contributed by atoms with van der Waals surface area (Å²) in [6, 6.07) is 4.93. The Morgan fingerprint density at radius 1 is 1.23 bits per heavy atom. The number of carboxylic acid groups (broad SMARTS) is 1. The number of nitrogens with one attached hydrogen (secondary N) is 1. The Hall–Kier alpha value is -2.09. The first-order valence-corrected chi connectivity index (χ1v) is 10.7. The van der Waals surface area contributed by atoms with Gasteiger partial charge >= 0.3 is 5.97 Å². The Kier molecular flexibility index (Phi) is 4.96. The second kappa shape index (κ2) is 6.90. The highest BCUT2D eigenvalue weighted by molar-refractivity contribution is 7.92. The number of anilines is 1. The predicted octanol–water partition coefficient (Wildman–Crippen LogP) is 1.77. The van der Waals surface area contributed by atoms with Gasteiger partial charge < -0.3 is 10.4 Å². The second-order valence-corrected chi connectivity index (χ2v) is 9.16. The van der Waals surface area contributed by atoms with Crippen LogP contribution in [0.25, 0.3) is 0 Å². The fraction of sp³-hybridized carbons (Fsp3) is 0.556. The molecule has 1 aliphatic carbocycles. The molecular formula is C18H24N2O5S. The number of rotatable bonds is 5. The molecular weight excluding hydrogens is 356 g/mol. The van der Waals surface area contributed by atoms with E-state index in [2.05, 4.69) is 5.32 Å². The molecule has 0 spiro atoms. The third kappa shape index (κ3) is 3.56. The van der Waals surface area contributed by atoms with Crippen LogP contribution in [-0.4, -0.2) is 44.7 Å². The first-order chi connectivity index (χ1) is 12.2. The van der Waals surface area contributed by atoms with E-state index in [9.17, 15) is 23.1 Å². The summed E-state index contributed by atoms with van der Waals surface area (Å²) < 4.78 is 24.9. The summed E-state index contributed by atoms with van der Waals surface area (Å²) in [5, 5.41) is 12.4. The van der Waals surface area contributed by atoms with Gasteiger partial charge in [0.15, 0.2) is 0 Å². The van der Waals surface area contributed by atoms with Crippen LogP contribution in [0.3, 0.4) is 0 Å². The van der Waals surface area contributed by atoms with Crippen molar-refractivity contribution < 1.29 is 23.1 Å². The van der Waals surface area contributed by atoms with Crippen LogP contribution in [0.1, 0.15) is 48.0 Å². The van der Waals surface area contributed by atoms with Crippen molar-refractivity contribution in [2.75, 3.05) is 23.7 Å². The maximum Gasteiger partial charge on any atom is 0.311 e. The van der Waals surface area contributed by atoms with Crippen LogP contribution in [0.5, 0.6) is 0 Å². The summed E-state index contributed by atoms with van der Waals surface area (Å²) in [6.45, 7) is 0.495. The van der Waals surface area contributed by atoms with Crippen molar-refractivity contribution in [2.24, 2.45) is 5.41 Å². The number of carbonyl (C=O) groups excluding carboxylic acids is 1. The van der Waals surface area contributed by atoms with Gasteiger partial charge in [-0.2, -0.15) is 0 Å². The number of amides is 1. The van der Waals surface area contributed by atoms with Crippen molar-refractivity contribution in [3.8, 4) is 0 Å². The molecule has 0 unspecified atom stereocenters. The van der Waals surface area contributed by atoms with Crippen molar-refractivity contribution >= 4 is 27.6 Å². The highest BCUT2D eigenvalue weighted by Gasteiger charge is 2.40. The van der Waals surface area contributed by atoms with Gasteiger partial charge in [0.25, 0.3) is 5.91 Å². The monoisotopic (exact) mass is 380 g/mol. The number of sulfonamides is 1. The summed E-state index contributed by atoms with van der Waals surface area (Å²) in [4.78, 5) is 24.2. The molecule has 0 aromatic heterocycles. The quantitative estimate of drug-likeness (QED) is 0.810. The minimum atomic E-state index is -3.32. The second-order valence-electron chi connectivity index (χ2n) is 7.26. The van der Waals surface area contributed by atoms with Gasteiger partial charge in [0.05, 0.1) is 17.4 Å². The molecule has 26 heavy (non-hydrogen) atoms. The summed E-state index contributed by atoms with van der Waals surface area (Å²) in [7, 11) is -3.32. The smallest absolute Gasteiger partial charge is 0.311 e. The van der Waals surface area contributed by atoms with Crippen LogP contribution in [0.2, 0.25) is 0 Å². The van der Waals surface area contributed by atoms with Crippen LogP contribution < -0.4 is 9.62 Å². The zero-order valence-corrected chi connectivity index (χ0v) is 15.6. The van der Waals surface area contributed by atoms with Gasteiger partial charge in [-0.3, -0.25) is 13.9 Å². The molecule has 0 bridgehead atoms. The van der Waals surface area contributed by atoms with Crippen molar-refractivity contribution in [3.05, 3.63) is 29.3 Å². The van der Waals surface area contributed by atoms with Crippen LogP contribution >= 0.6 is 0 Å². The van der Waals surface area contributed by atoms with Crippen molar-refractivity contribution in [1.29, 1.82) is 0 Å². The Labute approximate surface area is 153 Å². The Morgan fingerprint density at radius 3 is 2.54 bits per heavy atom. The molecule has 0 saturated heterocycles. The van der Waals surface area contributed by atoms with Gasteiger partial charge in [-0.15, -0.1) is 0 Å². The molecule has 1 aliphatic heterocycles. The number of carbonyl (C=O) groups is 2. The van der Waals surface area contributed by atoms with E-state index in [0.29, 0.717) is 37.1 Å². The topological polar surface area (TPSA) is 104 Å². The van der Waals surface area contributed by atoms with Gasteiger partial charge in [-0.1, -0.05) is 19.3 Å². The van der Waals surface area contributed by atoms with E-state index in [1.54, 1.807) is 18.2 Å². The Bertz CT molecular complexity index is 828. The summed E-state index contributed by atoms with van der Waals surface area (Å²) in [6.07, 6.45) is 5.64. The minimum absolute atomic E-state index is 0.119. The number of carboxylic acids is 1. The average Bonchev–Trinajstić information content (AvgIpc) is 3.03. The normalized spacial score (nSPS) is 19.0. The maximum absolute atomic E-state index is 12.5. The van der Waals surface area contributed by atoms with Gasteiger partial charge in [-0.25, -0.2) is 8.42 Å². The van der Waals surface area contributed by atoms with E-state index in [1.165, 1.54) is 4.31 Å². The molecule has 0 radical (unpaired) electrons. The zero-order valence-electron chi connectivity index (χ0n) is 14.8. The average molecular weight is 380 g/mol. The first kappa shape index (κ1) is 18.7. The Balaban J connectivity index is 1.72. The SMILES string of the molecule is CS(=O)(=O)N1CCc2cc(C(=O)NCC3(C(=O)O)CCCCC3)ccc21. The minimum Gasteiger partial charge on any atom is -0.481 e. The molecule has 1 fully saturated rings. The molecule has 1 aromatic rings. The van der Waals surface area contributed by atoms with Gasteiger partial charge in [0, 0.05) is 18.7 Å². The number of nitrogens with zero attached hydrogens (tertiary/aromatic N) is 1. The molecule has 1 saturated carbocycles. The molecule has 7 nitrogen and oxygen atoms in total. The Morgan fingerprint density at radius 2 is 1.92 bits per heavy atom. The number of hydrogen-bond acceptors (Lipinski definition) is 4. The van der Waals surface area contributed by atoms with Crippen LogP contribution in [0.15, 0.2) is 18.2 Å². The number of benzene rings is 1. The largest absolute Gasteiger partial charge is 0.481 e. The van der Waals surface area contributed by atoms with Crippen molar-refractivity contribution in [1.82, 2.24) is 5.32 Å². The lowest BCUT2D eigenvalue weighted by Gasteiger charge is -2.33. The molecule has 8 heteroatoms. The van der Waals surface area contributed by atoms with Gasteiger partial charge in [-0.05, 0) is 43.0 Å². The third-order valence-electron chi connectivity index (χ3n) is 5.45. The third-order valence-corrected chi connectivity index (χ3v) is 6.63. The van der Waals surface area contributed by atoms with Crippen molar-refractivity contribution in [2.45, 2.75) is 38.5 Å². The van der Waals surface area contributed by atoms with Crippen LogP contribution in [-0.2, 0) is 21.2 Å². The van der Waals surface area contributed by atoms with E-state index in [0.717, 1.165) is 31.1 Å². The van der Waals surface area contributed by atoms with Gasteiger partial charge in [0.2, 0.25) is 10.0 Å². The highest BCUT2D eigenvalue weighted by atomic mass is 32.2. The fourth-order valence-corrected chi connectivity index (χ4v) is 4.86. The van der Waals surface area contributed by atoms with E-state index >= 15 is 0 Å². The first-order valence-electron chi connectivity index (χ1n) is 8.85. The molecule has 142 valence electrons. The molecule has 1 heterocycles. The molecule has 1 amide bonds. The van der Waals surface area contributed by atoms with Crippen molar-refractivity contribution in [3.63, 3.8) is 0 Å². The summed E-state index contributed by atoms with van der Waals surface area (Å²) >= 11 is 0. The summed E-state index contributed by atoms with van der Waals surface area (Å²) in [5.74, 6) is -1.17. The fourth-order valence-electron chi connectivity index (χ4n) is 3.90. The van der Waals surface area contributed by atoms with E-state index in [1.807, 2.05) is 0 Å². The van der Waals surface area contributed by atoms with Crippen LogP contribution in [0.4, 0.5) is 5.69 Å². The highest BCUT2D eigenvalue weighted by Crippen LogP contribution is 2.36. The van der Waals surface area contributed by atoms with E-state index in [4.69, 9.17) is 0 Å². The number of hydrogen-bond donors (Lipinski definition) is 2. The van der Waals surface area contributed by atoms with Gasteiger partial charge in [0.1, 0.15) is 0 Å². The lowest BCUT2D eigenvalue weighted by atomic mass is 9.74. The van der Waals surface area contributed by atoms with E-state index < -0.39 is 21.4 Å². The maximum atomic E-state index is 12.5. The zero-order chi connectivity index (χ0) is 18.9. The summed E-state index contributed by atoms with van der Waals surface area (Å²) in [5.41, 5.74) is 0.972.